The predicted octanol–water partition coefficient (Wildman–Crippen LogP) is 1.49. The van der Waals surface area contributed by atoms with Gasteiger partial charge in [-0.25, -0.2) is 9.50 Å². The van der Waals surface area contributed by atoms with Gasteiger partial charge in [-0.1, -0.05) is 13.8 Å². The topological polar surface area (TPSA) is 57.0 Å². The Morgan fingerprint density at radius 3 is 2.88 bits per heavy atom. The van der Waals surface area contributed by atoms with Gasteiger partial charge in [-0.05, 0) is 32.5 Å². The van der Waals surface area contributed by atoms with Crippen LogP contribution in [0, 0.1) is 0 Å². The van der Waals surface area contributed by atoms with Crippen molar-refractivity contribution in [3.05, 3.63) is 29.7 Å². The molecule has 26 heavy (non-hydrogen) atoms. The van der Waals surface area contributed by atoms with Gasteiger partial charge in [-0.3, -0.25) is 14.6 Å². The summed E-state index contributed by atoms with van der Waals surface area (Å²) in [4.78, 5) is 24.4. The third-order valence-corrected chi connectivity index (χ3v) is 5.82. The highest BCUT2D eigenvalue weighted by Gasteiger charge is 2.33. The maximum Gasteiger partial charge on any atom is 0.259 e. The molecule has 1 amide bonds. The Bertz CT molecular complexity index is 783. The first-order valence-electron chi connectivity index (χ1n) is 9.77. The predicted molar refractivity (Wildman–Crippen MR) is 100 cm³/mol. The number of amides is 1. The molecule has 2 saturated heterocycles. The Kier molecular flexibility index (Phi) is 4.91. The summed E-state index contributed by atoms with van der Waals surface area (Å²) in [5, 5.41) is 4.40. The molecule has 0 bridgehead atoms. The molecule has 2 aliphatic heterocycles. The van der Waals surface area contributed by atoms with Crippen LogP contribution in [-0.2, 0) is 6.54 Å². The van der Waals surface area contributed by atoms with Crippen molar-refractivity contribution in [3.63, 3.8) is 0 Å². The summed E-state index contributed by atoms with van der Waals surface area (Å²) in [6.07, 6.45) is 7.99. The lowest BCUT2D eigenvalue weighted by Crippen LogP contribution is -2.52. The average Bonchev–Trinajstić information content (AvgIpc) is 3.31. The molecule has 7 nitrogen and oxygen atoms in total. The maximum absolute atomic E-state index is 13.0. The molecule has 4 heterocycles. The maximum atomic E-state index is 13.0. The molecule has 0 aliphatic carbocycles. The van der Waals surface area contributed by atoms with Crippen molar-refractivity contribution in [2.75, 3.05) is 39.3 Å². The van der Waals surface area contributed by atoms with E-state index in [-0.39, 0.29) is 5.91 Å². The van der Waals surface area contributed by atoms with Crippen molar-refractivity contribution in [1.82, 2.24) is 29.3 Å². The fourth-order valence-corrected chi connectivity index (χ4v) is 4.20. The number of hydrogen-bond donors (Lipinski definition) is 0. The zero-order valence-corrected chi connectivity index (χ0v) is 15.8. The van der Waals surface area contributed by atoms with Crippen molar-refractivity contribution in [2.45, 2.75) is 39.3 Å². The molecule has 0 spiro atoms. The van der Waals surface area contributed by atoms with Crippen LogP contribution < -0.4 is 0 Å². The fourth-order valence-electron chi connectivity index (χ4n) is 4.20. The largest absolute Gasteiger partial charge is 0.336 e. The molecule has 2 aromatic rings. The molecule has 140 valence electrons. The minimum Gasteiger partial charge on any atom is -0.336 e. The van der Waals surface area contributed by atoms with Crippen LogP contribution in [0.1, 0.15) is 42.6 Å². The zero-order valence-electron chi connectivity index (χ0n) is 15.8. The lowest BCUT2D eigenvalue weighted by molar-refractivity contribution is 0.0573. The monoisotopic (exact) mass is 356 g/mol. The smallest absolute Gasteiger partial charge is 0.259 e. The summed E-state index contributed by atoms with van der Waals surface area (Å²) in [7, 11) is 0. The third-order valence-electron chi connectivity index (χ3n) is 5.82. The number of carbonyl (C=O) groups is 1. The molecule has 7 heteroatoms. The van der Waals surface area contributed by atoms with Gasteiger partial charge in [0.25, 0.3) is 5.91 Å². The van der Waals surface area contributed by atoms with Crippen molar-refractivity contribution >= 4 is 11.6 Å². The minimum atomic E-state index is 0.0653. The summed E-state index contributed by atoms with van der Waals surface area (Å²) in [5.74, 6) is 0.0653. The highest BCUT2D eigenvalue weighted by atomic mass is 16.2. The standard InChI is InChI=1S/C19H28N6O/c1-3-22(4-2)12-15-10-20-18-17(11-21-25(18)13-15)19(26)24-9-8-23-7-5-6-16(23)14-24/h10-11,13,16H,3-9,12,14H2,1-2H3/t16-/m1/s1. The van der Waals surface area contributed by atoms with E-state index in [2.05, 4.69) is 33.7 Å². The first-order valence-corrected chi connectivity index (χ1v) is 9.77. The van der Waals surface area contributed by atoms with Gasteiger partial charge in [-0.2, -0.15) is 5.10 Å². The van der Waals surface area contributed by atoms with E-state index in [1.54, 1.807) is 10.7 Å². The Labute approximate surface area is 154 Å². The molecule has 1 atom stereocenters. The Balaban J connectivity index is 1.52. The zero-order chi connectivity index (χ0) is 18.1. The molecule has 2 fully saturated rings. The SMILES string of the molecule is CCN(CC)Cc1cnc2c(C(=O)N3CCN4CCC[C@@H]4C3)cnn2c1. The van der Waals surface area contributed by atoms with Crippen LogP contribution in [0.3, 0.4) is 0 Å². The van der Waals surface area contributed by atoms with Gasteiger partial charge in [0, 0.05) is 50.2 Å². The molecule has 4 rings (SSSR count). The number of fused-ring (bicyclic) bond motifs is 2. The van der Waals surface area contributed by atoms with Crippen molar-refractivity contribution in [3.8, 4) is 0 Å². The first-order chi connectivity index (χ1) is 12.7. The normalized spacial score (nSPS) is 20.9. The van der Waals surface area contributed by atoms with Crippen LogP contribution in [0.2, 0.25) is 0 Å². The van der Waals surface area contributed by atoms with Gasteiger partial charge >= 0.3 is 0 Å². The number of nitrogens with zero attached hydrogens (tertiary/aromatic N) is 6. The summed E-state index contributed by atoms with van der Waals surface area (Å²) in [5.41, 5.74) is 2.39. The average molecular weight is 356 g/mol. The van der Waals surface area contributed by atoms with Gasteiger partial charge in [0.15, 0.2) is 5.65 Å². The van der Waals surface area contributed by atoms with Gasteiger partial charge in [0.2, 0.25) is 0 Å². The summed E-state index contributed by atoms with van der Waals surface area (Å²) < 4.78 is 1.75. The van der Waals surface area contributed by atoms with E-state index < -0.39 is 0 Å². The van der Waals surface area contributed by atoms with E-state index in [0.29, 0.717) is 17.3 Å². The van der Waals surface area contributed by atoms with Crippen LogP contribution in [0.25, 0.3) is 5.65 Å². The van der Waals surface area contributed by atoms with E-state index in [1.807, 2.05) is 17.3 Å². The molecule has 0 unspecified atom stereocenters. The van der Waals surface area contributed by atoms with E-state index in [4.69, 9.17) is 0 Å². The third kappa shape index (κ3) is 3.21. The second-order valence-electron chi connectivity index (χ2n) is 7.33. The van der Waals surface area contributed by atoms with Crippen molar-refractivity contribution in [2.24, 2.45) is 0 Å². The van der Waals surface area contributed by atoms with Crippen molar-refractivity contribution in [1.29, 1.82) is 0 Å². The van der Waals surface area contributed by atoms with Gasteiger partial charge in [0.1, 0.15) is 5.56 Å². The van der Waals surface area contributed by atoms with Crippen LogP contribution in [0.4, 0.5) is 0 Å². The first kappa shape index (κ1) is 17.4. The van der Waals surface area contributed by atoms with E-state index in [9.17, 15) is 4.79 Å². The Hall–Kier alpha value is -1.99. The number of rotatable bonds is 5. The molecule has 0 radical (unpaired) electrons. The van der Waals surface area contributed by atoms with Crippen LogP contribution in [0.15, 0.2) is 18.6 Å². The van der Waals surface area contributed by atoms with E-state index in [0.717, 1.165) is 44.8 Å². The van der Waals surface area contributed by atoms with Crippen LogP contribution >= 0.6 is 0 Å². The fraction of sp³-hybridized carbons (Fsp3) is 0.632. The molecule has 0 N–H and O–H groups in total. The Morgan fingerprint density at radius 1 is 1.23 bits per heavy atom. The van der Waals surface area contributed by atoms with Crippen molar-refractivity contribution < 1.29 is 4.79 Å². The molecule has 0 aromatic carbocycles. The lowest BCUT2D eigenvalue weighted by Gasteiger charge is -2.37. The summed E-state index contributed by atoms with van der Waals surface area (Å²) in [6, 6.07) is 0.531. The summed E-state index contributed by atoms with van der Waals surface area (Å²) >= 11 is 0. The Morgan fingerprint density at radius 2 is 2.08 bits per heavy atom. The molecule has 2 aliphatic rings. The molecular weight excluding hydrogens is 328 g/mol. The number of carbonyl (C=O) groups excluding carboxylic acids is 1. The molecular formula is C19H28N6O. The second-order valence-corrected chi connectivity index (χ2v) is 7.33. The quantitative estimate of drug-likeness (QED) is 0.812. The van der Waals surface area contributed by atoms with Crippen LogP contribution in [0.5, 0.6) is 0 Å². The van der Waals surface area contributed by atoms with E-state index >= 15 is 0 Å². The molecule has 2 aromatic heterocycles. The number of aromatic nitrogens is 3. The number of piperazine rings is 1. The minimum absolute atomic E-state index is 0.0653. The van der Waals surface area contributed by atoms with E-state index in [1.165, 1.54) is 19.4 Å². The van der Waals surface area contributed by atoms with Gasteiger partial charge in [0.05, 0.1) is 6.20 Å². The van der Waals surface area contributed by atoms with Gasteiger partial charge in [-0.15, -0.1) is 0 Å². The lowest BCUT2D eigenvalue weighted by atomic mass is 10.1. The van der Waals surface area contributed by atoms with Gasteiger partial charge < -0.3 is 4.90 Å². The summed E-state index contributed by atoms with van der Waals surface area (Å²) in [6.45, 7) is 11.0. The number of hydrogen-bond acceptors (Lipinski definition) is 5. The molecule has 0 saturated carbocycles. The second kappa shape index (κ2) is 7.32. The highest BCUT2D eigenvalue weighted by molar-refractivity contribution is 5.99. The highest BCUT2D eigenvalue weighted by Crippen LogP contribution is 2.23. The van der Waals surface area contributed by atoms with Crippen LogP contribution in [-0.4, -0.2) is 80.5 Å².